The highest BCUT2D eigenvalue weighted by atomic mass is 16.5. The summed E-state index contributed by atoms with van der Waals surface area (Å²) in [5.74, 6) is -0.532. The molecular weight excluding hydrogens is 260 g/mol. The second-order valence-electron chi connectivity index (χ2n) is 4.16. The van der Waals surface area contributed by atoms with Crippen molar-refractivity contribution in [2.75, 3.05) is 7.11 Å². The standard InChI is InChI=1S/C14H14N2O4/c1-9-8-11(16-20-9)13(17)15-12(14(18)19-2)10-6-4-3-5-7-10/h3-8,12H,1-2H3,(H,15,17)/t12-/m0/s1. The smallest absolute Gasteiger partial charge is 0.333 e. The molecular formula is C14H14N2O4. The average molecular weight is 274 g/mol. The third-order valence-corrected chi connectivity index (χ3v) is 2.71. The lowest BCUT2D eigenvalue weighted by atomic mass is 10.1. The summed E-state index contributed by atoms with van der Waals surface area (Å²) in [6.07, 6.45) is 0. The number of hydrogen-bond donors (Lipinski definition) is 1. The zero-order valence-corrected chi connectivity index (χ0v) is 11.1. The fourth-order valence-corrected chi connectivity index (χ4v) is 1.72. The molecule has 104 valence electrons. The van der Waals surface area contributed by atoms with Crippen LogP contribution in [-0.4, -0.2) is 24.1 Å². The molecule has 6 nitrogen and oxygen atoms in total. The number of carbonyl (C=O) groups excluding carboxylic acids is 2. The minimum absolute atomic E-state index is 0.118. The Kier molecular flexibility index (Phi) is 4.14. The van der Waals surface area contributed by atoms with E-state index < -0.39 is 17.9 Å². The topological polar surface area (TPSA) is 81.4 Å². The Labute approximate surface area is 115 Å². The van der Waals surface area contributed by atoms with Gasteiger partial charge in [-0.3, -0.25) is 4.79 Å². The van der Waals surface area contributed by atoms with Crippen LogP contribution in [0.4, 0.5) is 0 Å². The Bertz CT molecular complexity index is 607. The predicted molar refractivity (Wildman–Crippen MR) is 69.9 cm³/mol. The number of carbonyl (C=O) groups is 2. The number of hydrogen-bond acceptors (Lipinski definition) is 5. The molecule has 2 aromatic rings. The molecule has 1 amide bonds. The maximum Gasteiger partial charge on any atom is 0.333 e. The first-order valence-corrected chi connectivity index (χ1v) is 5.98. The quantitative estimate of drug-likeness (QED) is 0.857. The highest BCUT2D eigenvalue weighted by Crippen LogP contribution is 2.15. The van der Waals surface area contributed by atoms with E-state index in [4.69, 9.17) is 9.26 Å². The number of aromatic nitrogens is 1. The van der Waals surface area contributed by atoms with Crippen LogP contribution in [0.1, 0.15) is 27.9 Å². The summed E-state index contributed by atoms with van der Waals surface area (Å²) in [7, 11) is 1.27. The molecule has 0 saturated carbocycles. The summed E-state index contributed by atoms with van der Waals surface area (Å²) >= 11 is 0. The maximum absolute atomic E-state index is 12.0. The number of amides is 1. The Balaban J connectivity index is 2.21. The van der Waals surface area contributed by atoms with Crippen molar-refractivity contribution < 1.29 is 18.8 Å². The molecule has 0 bridgehead atoms. The van der Waals surface area contributed by atoms with Gasteiger partial charge in [0.1, 0.15) is 5.76 Å². The van der Waals surface area contributed by atoms with Gasteiger partial charge in [-0.15, -0.1) is 0 Å². The molecule has 0 spiro atoms. The zero-order valence-electron chi connectivity index (χ0n) is 11.1. The fourth-order valence-electron chi connectivity index (χ4n) is 1.72. The third-order valence-electron chi connectivity index (χ3n) is 2.71. The van der Waals surface area contributed by atoms with Crippen molar-refractivity contribution in [3.63, 3.8) is 0 Å². The predicted octanol–water partition coefficient (Wildman–Crippen LogP) is 1.63. The lowest BCUT2D eigenvalue weighted by Gasteiger charge is -2.15. The van der Waals surface area contributed by atoms with Gasteiger partial charge in [-0.1, -0.05) is 35.5 Å². The Morgan fingerprint density at radius 3 is 2.55 bits per heavy atom. The number of rotatable bonds is 4. The van der Waals surface area contributed by atoms with Gasteiger partial charge in [-0.25, -0.2) is 4.79 Å². The van der Waals surface area contributed by atoms with Crippen LogP contribution in [0.5, 0.6) is 0 Å². The molecule has 0 radical (unpaired) electrons. The molecule has 0 saturated heterocycles. The van der Waals surface area contributed by atoms with Crippen molar-refractivity contribution in [2.45, 2.75) is 13.0 Å². The molecule has 1 heterocycles. The highest BCUT2D eigenvalue weighted by Gasteiger charge is 2.25. The summed E-state index contributed by atoms with van der Waals surface area (Å²) in [6, 6.07) is 9.45. The molecule has 2 rings (SSSR count). The summed E-state index contributed by atoms with van der Waals surface area (Å²) < 4.78 is 9.54. The van der Waals surface area contributed by atoms with Crippen LogP contribution in [0.2, 0.25) is 0 Å². The van der Waals surface area contributed by atoms with Gasteiger partial charge in [-0.2, -0.15) is 0 Å². The van der Waals surface area contributed by atoms with Crippen molar-refractivity contribution in [3.8, 4) is 0 Å². The average Bonchev–Trinajstić information content (AvgIpc) is 2.91. The highest BCUT2D eigenvalue weighted by molar-refractivity contribution is 5.95. The number of nitrogens with zero attached hydrogens (tertiary/aromatic N) is 1. The van der Waals surface area contributed by atoms with Crippen molar-refractivity contribution >= 4 is 11.9 Å². The summed E-state index contributed by atoms with van der Waals surface area (Å²) in [6.45, 7) is 1.68. The first-order valence-electron chi connectivity index (χ1n) is 5.98. The van der Waals surface area contributed by atoms with Gasteiger partial charge in [0.25, 0.3) is 5.91 Å². The van der Waals surface area contributed by atoms with Crippen LogP contribution in [0.15, 0.2) is 40.9 Å². The molecule has 0 unspecified atom stereocenters. The van der Waals surface area contributed by atoms with Crippen molar-refractivity contribution in [2.24, 2.45) is 0 Å². The van der Waals surface area contributed by atoms with Gasteiger partial charge in [0, 0.05) is 6.07 Å². The maximum atomic E-state index is 12.0. The number of aryl methyl sites for hydroxylation is 1. The third kappa shape index (κ3) is 3.03. The lowest BCUT2D eigenvalue weighted by molar-refractivity contribution is -0.143. The Hall–Kier alpha value is -2.63. The summed E-state index contributed by atoms with van der Waals surface area (Å²) in [4.78, 5) is 23.8. The van der Waals surface area contributed by atoms with Crippen molar-refractivity contribution in [1.29, 1.82) is 0 Å². The van der Waals surface area contributed by atoms with E-state index in [1.54, 1.807) is 31.2 Å². The van der Waals surface area contributed by atoms with Gasteiger partial charge < -0.3 is 14.6 Å². The molecule has 0 aliphatic rings. The number of methoxy groups -OCH3 is 1. The summed E-state index contributed by atoms with van der Waals surface area (Å²) in [5, 5.41) is 6.19. The molecule has 1 N–H and O–H groups in total. The van der Waals surface area contributed by atoms with Crippen LogP contribution < -0.4 is 5.32 Å². The van der Waals surface area contributed by atoms with Crippen LogP contribution in [0, 0.1) is 6.92 Å². The SMILES string of the molecule is COC(=O)[C@@H](NC(=O)c1cc(C)on1)c1ccccc1. The molecule has 1 aromatic heterocycles. The van der Waals surface area contributed by atoms with Gasteiger partial charge in [0.2, 0.25) is 0 Å². The number of nitrogens with one attached hydrogen (secondary N) is 1. The number of esters is 1. The van der Waals surface area contributed by atoms with E-state index >= 15 is 0 Å². The van der Waals surface area contributed by atoms with Crippen molar-refractivity contribution in [1.82, 2.24) is 10.5 Å². The lowest BCUT2D eigenvalue weighted by Crippen LogP contribution is -2.34. The Morgan fingerprint density at radius 1 is 1.30 bits per heavy atom. The second kappa shape index (κ2) is 6.01. The molecule has 20 heavy (non-hydrogen) atoms. The minimum atomic E-state index is -0.884. The van der Waals surface area contributed by atoms with Crippen molar-refractivity contribution in [3.05, 3.63) is 53.4 Å². The molecule has 6 heteroatoms. The normalized spacial score (nSPS) is 11.7. The largest absolute Gasteiger partial charge is 0.467 e. The molecule has 1 aromatic carbocycles. The van der Waals surface area contributed by atoms with E-state index in [9.17, 15) is 9.59 Å². The van der Waals surface area contributed by atoms with E-state index in [0.717, 1.165) is 0 Å². The molecule has 0 aliphatic heterocycles. The van der Waals surface area contributed by atoms with Crippen LogP contribution in [0.3, 0.4) is 0 Å². The number of ether oxygens (including phenoxy) is 1. The first-order chi connectivity index (χ1) is 9.61. The monoisotopic (exact) mass is 274 g/mol. The van der Waals surface area contributed by atoms with Gasteiger partial charge in [-0.05, 0) is 12.5 Å². The number of benzene rings is 1. The van der Waals surface area contributed by atoms with E-state index in [2.05, 4.69) is 10.5 Å². The Morgan fingerprint density at radius 2 is 2.00 bits per heavy atom. The van der Waals surface area contributed by atoms with Crippen LogP contribution in [0.25, 0.3) is 0 Å². The minimum Gasteiger partial charge on any atom is -0.467 e. The second-order valence-corrected chi connectivity index (χ2v) is 4.16. The van der Waals surface area contributed by atoms with Gasteiger partial charge >= 0.3 is 5.97 Å². The zero-order chi connectivity index (χ0) is 14.5. The molecule has 0 aliphatic carbocycles. The van der Waals surface area contributed by atoms with Gasteiger partial charge in [0.15, 0.2) is 11.7 Å². The van der Waals surface area contributed by atoms with Gasteiger partial charge in [0.05, 0.1) is 7.11 Å². The molecule has 1 atom stereocenters. The fraction of sp³-hybridized carbons (Fsp3) is 0.214. The first kappa shape index (κ1) is 13.8. The van der Waals surface area contributed by atoms with Crippen LogP contribution in [-0.2, 0) is 9.53 Å². The molecule has 0 fully saturated rings. The van der Waals surface area contributed by atoms with E-state index in [0.29, 0.717) is 11.3 Å². The van der Waals surface area contributed by atoms with E-state index in [1.807, 2.05) is 6.07 Å². The summed E-state index contributed by atoms with van der Waals surface area (Å²) in [5.41, 5.74) is 0.750. The van der Waals surface area contributed by atoms with E-state index in [-0.39, 0.29) is 5.69 Å². The van der Waals surface area contributed by atoms with Crippen LogP contribution >= 0.6 is 0 Å². The van der Waals surface area contributed by atoms with E-state index in [1.165, 1.54) is 13.2 Å².